The average molecular weight is 524 g/mol. The minimum atomic E-state index is -1.21. The van der Waals surface area contributed by atoms with Gasteiger partial charge in [0.25, 0.3) is 11.8 Å². The molecule has 0 saturated carbocycles. The van der Waals surface area contributed by atoms with Crippen molar-refractivity contribution in [1.29, 1.82) is 0 Å². The molecule has 0 spiro atoms. The van der Waals surface area contributed by atoms with Crippen molar-refractivity contribution in [2.24, 2.45) is 11.8 Å². The van der Waals surface area contributed by atoms with Crippen LogP contribution in [0.5, 0.6) is 0 Å². The van der Waals surface area contributed by atoms with E-state index in [0.29, 0.717) is 5.56 Å². The number of benzene rings is 3. The number of amides is 4. The van der Waals surface area contributed by atoms with Crippen molar-refractivity contribution in [3.8, 4) is 0 Å². The Morgan fingerprint density at radius 2 is 1.21 bits per heavy atom. The molecule has 0 aromatic heterocycles. The lowest BCUT2D eigenvalue weighted by atomic mass is 9.55. The van der Waals surface area contributed by atoms with Gasteiger partial charge in [0.1, 0.15) is 6.04 Å². The summed E-state index contributed by atoms with van der Waals surface area (Å²) >= 11 is 0. The Labute approximate surface area is 224 Å². The molecular weight excluding hydrogens is 498 g/mol. The largest absolute Gasteiger partial charge is 0.454 e. The van der Waals surface area contributed by atoms with Gasteiger partial charge in [-0.05, 0) is 41.3 Å². The van der Waals surface area contributed by atoms with Crippen molar-refractivity contribution in [3.63, 3.8) is 0 Å². The molecule has 4 aliphatic rings. The van der Waals surface area contributed by atoms with Crippen molar-refractivity contribution in [2.45, 2.75) is 24.8 Å². The minimum absolute atomic E-state index is 0.281. The second-order valence-electron chi connectivity index (χ2n) is 9.96. The molecule has 3 aromatic carbocycles. The fourth-order valence-electron chi connectivity index (χ4n) is 6.27. The number of hydrogen-bond donors (Lipinski definition) is 2. The fraction of sp³-hybridized carbons (Fsp3) is 0.233. The van der Waals surface area contributed by atoms with Crippen molar-refractivity contribution in [1.82, 2.24) is 15.8 Å². The lowest BCUT2D eigenvalue weighted by Crippen LogP contribution is -2.47. The van der Waals surface area contributed by atoms with Crippen LogP contribution in [-0.2, 0) is 23.9 Å². The number of hydrogen-bond acceptors (Lipinski definition) is 6. The molecule has 1 fully saturated rings. The lowest BCUT2D eigenvalue weighted by molar-refractivity contribution is -0.159. The van der Waals surface area contributed by atoms with Gasteiger partial charge in [0.15, 0.2) is 6.61 Å². The van der Waals surface area contributed by atoms with E-state index in [-0.39, 0.29) is 11.8 Å². The van der Waals surface area contributed by atoms with E-state index in [1.807, 2.05) is 48.5 Å². The van der Waals surface area contributed by atoms with Crippen LogP contribution in [0.15, 0.2) is 78.9 Å². The summed E-state index contributed by atoms with van der Waals surface area (Å²) in [7, 11) is 0. The van der Waals surface area contributed by atoms with Gasteiger partial charge in [-0.2, -0.15) is 0 Å². The molecule has 1 heterocycles. The quantitative estimate of drug-likeness (QED) is 0.301. The topological polar surface area (TPSA) is 122 Å². The Bertz CT molecular complexity index is 1400. The summed E-state index contributed by atoms with van der Waals surface area (Å²) in [6.07, 6.45) is 0. The third kappa shape index (κ3) is 3.89. The van der Waals surface area contributed by atoms with Crippen molar-refractivity contribution in [2.75, 3.05) is 6.61 Å². The molecule has 0 radical (unpaired) electrons. The summed E-state index contributed by atoms with van der Waals surface area (Å²) in [5.41, 5.74) is 8.91. The molecule has 3 aromatic rings. The van der Waals surface area contributed by atoms with Gasteiger partial charge in [0, 0.05) is 17.4 Å². The van der Waals surface area contributed by atoms with Crippen LogP contribution in [-0.4, -0.2) is 47.1 Å². The molecule has 2 N–H and O–H groups in total. The highest BCUT2D eigenvalue weighted by Crippen LogP contribution is 2.61. The predicted octanol–water partition coefficient (Wildman–Crippen LogP) is 2.27. The SMILES string of the molecule is C[C@@H](C(=O)OCC(=O)NNC(=O)c1ccccc1)N1C(=O)[C@@H]2C3c4ccccc4C(c4ccccc43)[C@@H]2C1=O. The molecule has 2 bridgehead atoms. The molecule has 39 heavy (non-hydrogen) atoms. The molecule has 3 aliphatic carbocycles. The number of nitrogens with one attached hydrogen (secondary N) is 2. The first-order chi connectivity index (χ1) is 18.9. The van der Waals surface area contributed by atoms with Gasteiger partial charge in [-0.15, -0.1) is 0 Å². The maximum absolute atomic E-state index is 13.7. The summed E-state index contributed by atoms with van der Waals surface area (Å²) in [5, 5.41) is 0. The number of esters is 1. The smallest absolute Gasteiger partial charge is 0.329 e. The van der Waals surface area contributed by atoms with Gasteiger partial charge < -0.3 is 4.74 Å². The highest BCUT2D eigenvalue weighted by Gasteiger charge is 2.62. The number of carbonyl (C=O) groups excluding carboxylic acids is 5. The van der Waals surface area contributed by atoms with Crippen LogP contribution in [0, 0.1) is 11.8 Å². The average Bonchev–Trinajstić information content (AvgIpc) is 3.24. The van der Waals surface area contributed by atoms with Gasteiger partial charge in [-0.25, -0.2) is 4.79 Å². The normalized spacial score (nSPS) is 22.8. The van der Waals surface area contributed by atoms with Gasteiger partial charge in [-0.1, -0.05) is 66.7 Å². The van der Waals surface area contributed by atoms with Crippen LogP contribution < -0.4 is 10.9 Å². The van der Waals surface area contributed by atoms with Gasteiger partial charge >= 0.3 is 5.97 Å². The lowest BCUT2D eigenvalue weighted by Gasteiger charge is -2.45. The van der Waals surface area contributed by atoms with E-state index >= 15 is 0 Å². The molecule has 9 heteroatoms. The third-order valence-corrected chi connectivity index (χ3v) is 7.91. The Hall–Kier alpha value is -4.79. The molecule has 9 nitrogen and oxygen atoms in total. The van der Waals surface area contributed by atoms with E-state index in [1.165, 1.54) is 6.92 Å². The second kappa shape index (κ2) is 9.50. The Balaban J connectivity index is 1.15. The van der Waals surface area contributed by atoms with E-state index in [2.05, 4.69) is 10.9 Å². The van der Waals surface area contributed by atoms with Crippen LogP contribution in [0.2, 0.25) is 0 Å². The maximum atomic E-state index is 13.7. The summed E-state index contributed by atoms with van der Waals surface area (Å²) in [6, 6.07) is 22.8. The molecule has 3 atom stereocenters. The van der Waals surface area contributed by atoms with Crippen LogP contribution in [0.3, 0.4) is 0 Å². The molecule has 196 valence electrons. The van der Waals surface area contributed by atoms with Crippen molar-refractivity contribution in [3.05, 3.63) is 107 Å². The zero-order chi connectivity index (χ0) is 27.3. The number of rotatable bonds is 5. The summed E-state index contributed by atoms with van der Waals surface area (Å²) < 4.78 is 5.11. The van der Waals surface area contributed by atoms with Crippen molar-refractivity contribution < 1.29 is 28.7 Å². The zero-order valence-electron chi connectivity index (χ0n) is 21.0. The standard InChI is InChI=1S/C30H25N3O6/c1-16(30(38)39-15-22(34)31-32-27(35)17-9-3-2-4-10-17)33-28(36)25-23-18-11-5-6-12-19(18)24(26(25)29(33)37)21-14-8-7-13-20(21)23/h2-14,16,23-26H,15H2,1H3,(H,31,34)(H,32,35)/t16-,23?,24?,25-,26+/m0/s1. The predicted molar refractivity (Wildman–Crippen MR) is 138 cm³/mol. The van der Waals surface area contributed by atoms with Gasteiger partial charge in [0.2, 0.25) is 11.8 Å². The number of carbonyl (C=O) groups is 5. The van der Waals surface area contributed by atoms with Crippen LogP contribution >= 0.6 is 0 Å². The zero-order valence-corrected chi connectivity index (χ0v) is 21.0. The molecule has 4 amide bonds. The van der Waals surface area contributed by atoms with E-state index in [4.69, 9.17) is 4.74 Å². The highest BCUT2D eigenvalue weighted by molar-refractivity contribution is 6.10. The van der Waals surface area contributed by atoms with E-state index in [1.54, 1.807) is 30.3 Å². The van der Waals surface area contributed by atoms with E-state index in [9.17, 15) is 24.0 Å². The number of ether oxygens (including phenoxy) is 1. The summed E-state index contributed by atoms with van der Waals surface area (Å²) in [4.78, 5) is 65.6. The van der Waals surface area contributed by atoms with Gasteiger partial charge in [-0.3, -0.25) is 34.9 Å². The van der Waals surface area contributed by atoms with Gasteiger partial charge in [0.05, 0.1) is 11.8 Å². The number of nitrogens with zero attached hydrogens (tertiary/aromatic N) is 1. The molecule has 0 unspecified atom stereocenters. The van der Waals surface area contributed by atoms with E-state index < -0.39 is 54.1 Å². The molecule has 1 saturated heterocycles. The summed E-state index contributed by atoms with van der Waals surface area (Å²) in [6.45, 7) is 0.732. The fourth-order valence-corrected chi connectivity index (χ4v) is 6.27. The maximum Gasteiger partial charge on any atom is 0.329 e. The van der Waals surface area contributed by atoms with E-state index in [0.717, 1.165) is 27.2 Å². The van der Waals surface area contributed by atoms with Crippen LogP contribution in [0.4, 0.5) is 0 Å². The molecule has 7 rings (SSSR count). The second-order valence-corrected chi connectivity index (χ2v) is 9.96. The number of likely N-dealkylation sites (tertiary alicyclic amines) is 1. The first-order valence-electron chi connectivity index (χ1n) is 12.7. The third-order valence-electron chi connectivity index (χ3n) is 7.91. The Morgan fingerprint density at radius 3 is 1.69 bits per heavy atom. The summed E-state index contributed by atoms with van der Waals surface area (Å²) in [5.74, 6) is -4.79. The van der Waals surface area contributed by atoms with Crippen molar-refractivity contribution >= 4 is 29.6 Å². The number of hydrazine groups is 1. The first kappa shape index (κ1) is 24.5. The number of imide groups is 1. The highest BCUT2D eigenvalue weighted by atomic mass is 16.5. The van der Waals surface area contributed by atoms with Crippen LogP contribution in [0.1, 0.15) is 51.4 Å². The minimum Gasteiger partial charge on any atom is -0.454 e. The van der Waals surface area contributed by atoms with Crippen LogP contribution in [0.25, 0.3) is 0 Å². The first-order valence-corrected chi connectivity index (χ1v) is 12.7. The Morgan fingerprint density at radius 1 is 0.744 bits per heavy atom. The molecular formula is C30H25N3O6. The monoisotopic (exact) mass is 523 g/mol. The molecule has 1 aliphatic heterocycles. The Kier molecular flexibility index (Phi) is 5.98.